The third kappa shape index (κ3) is 8.11. The van der Waals surface area contributed by atoms with Gasteiger partial charge in [-0.25, -0.2) is 4.79 Å². The van der Waals surface area contributed by atoms with Crippen LogP contribution in [0.25, 0.3) is 0 Å². The Kier molecular flexibility index (Phi) is 11.5. The van der Waals surface area contributed by atoms with Gasteiger partial charge in [0.2, 0.25) is 12.2 Å². The average Bonchev–Trinajstić information content (AvgIpc) is 3.44. The first-order valence-corrected chi connectivity index (χ1v) is 16.8. The number of primary amides is 1. The quantitative estimate of drug-likeness (QED) is 0.0696. The minimum atomic E-state index is -1.84. The van der Waals surface area contributed by atoms with Gasteiger partial charge in [0.25, 0.3) is 11.8 Å². The summed E-state index contributed by atoms with van der Waals surface area (Å²) in [6, 6.07) is 3.63. The number of nitrogens with one attached hydrogen (secondary N) is 1. The number of β-lactam (4-membered cyclic amide) rings is 1. The number of rotatable bonds is 14. The summed E-state index contributed by atoms with van der Waals surface area (Å²) in [6.45, 7) is 4.34. The van der Waals surface area contributed by atoms with Crippen molar-refractivity contribution in [2.75, 3.05) is 11.5 Å². The third-order valence-electron chi connectivity index (χ3n) is 6.83. The van der Waals surface area contributed by atoms with E-state index in [9.17, 15) is 33.9 Å². The van der Waals surface area contributed by atoms with Crippen molar-refractivity contribution in [2.24, 2.45) is 11.5 Å². The van der Waals surface area contributed by atoms with Crippen LogP contribution in [0.1, 0.15) is 53.7 Å². The number of hydrogen-bond donors (Lipinski definition) is 4. The number of thioether (sulfide) groups is 2. The zero-order valence-corrected chi connectivity index (χ0v) is 27.4. The predicted molar refractivity (Wildman–Crippen MR) is 167 cm³/mol. The molecule has 6 N–H and O–H groups in total. The van der Waals surface area contributed by atoms with Gasteiger partial charge < -0.3 is 31.4 Å². The molecule has 3 amide bonds. The largest absolute Gasteiger partial charge is 0.426 e. The number of Topliss-reactive ketones (excluding diaryl/α,β-unsaturated/α-hetero) is 1. The fraction of sp³-hybridized carbons (Fsp3) is 0.429. The maximum atomic E-state index is 13.4. The average molecular weight is 693 g/mol. The lowest BCUT2D eigenvalue weighted by molar-refractivity contribution is -0.182. The third-order valence-corrected chi connectivity index (χ3v) is 10.2. The number of esters is 2. The number of amides is 3. The van der Waals surface area contributed by atoms with Gasteiger partial charge >= 0.3 is 11.9 Å². The molecule has 246 valence electrons. The van der Waals surface area contributed by atoms with Crippen LogP contribution in [-0.4, -0.2) is 90.9 Å². The molecule has 46 heavy (non-hydrogen) atoms. The van der Waals surface area contributed by atoms with Gasteiger partial charge in [-0.15, -0.1) is 22.0 Å². The van der Waals surface area contributed by atoms with Gasteiger partial charge in [-0.05, 0) is 18.9 Å². The molecular formula is C28H32N6O9S3. The molecule has 1 aromatic heterocycles. The summed E-state index contributed by atoms with van der Waals surface area (Å²) in [5.41, 5.74) is 11.6. The van der Waals surface area contributed by atoms with Gasteiger partial charge in [0.05, 0.1) is 6.04 Å². The normalized spacial score (nSPS) is 19.3. The van der Waals surface area contributed by atoms with Gasteiger partial charge in [-0.1, -0.05) is 47.4 Å². The minimum Gasteiger partial charge on any atom is -0.426 e. The highest BCUT2D eigenvalue weighted by Crippen LogP contribution is 2.42. The van der Waals surface area contributed by atoms with Crippen molar-refractivity contribution in [2.45, 2.75) is 67.8 Å². The van der Waals surface area contributed by atoms with Crippen LogP contribution in [0.4, 0.5) is 0 Å². The number of carbonyl (C=O) groups excluding carboxylic acids is 6. The molecule has 0 bridgehead atoms. The van der Waals surface area contributed by atoms with Crippen LogP contribution < -0.4 is 16.8 Å². The van der Waals surface area contributed by atoms with E-state index in [0.29, 0.717) is 15.7 Å². The highest BCUT2D eigenvalue weighted by molar-refractivity contribution is 8.01. The van der Waals surface area contributed by atoms with Crippen LogP contribution in [0.3, 0.4) is 0 Å². The second-order valence-corrected chi connectivity index (χ2v) is 13.8. The summed E-state index contributed by atoms with van der Waals surface area (Å²) >= 11 is 4.00. The number of fused-ring (bicyclic) bond motifs is 1. The van der Waals surface area contributed by atoms with E-state index in [0.717, 1.165) is 11.9 Å². The second kappa shape index (κ2) is 15.2. The first kappa shape index (κ1) is 35.0. The number of aliphatic hydroxyl groups excluding tert-OH is 1. The molecule has 15 nitrogen and oxygen atoms in total. The number of ketones is 1. The van der Waals surface area contributed by atoms with Crippen molar-refractivity contribution >= 4 is 70.3 Å². The van der Waals surface area contributed by atoms with Crippen molar-refractivity contribution in [3.8, 4) is 0 Å². The lowest BCUT2D eigenvalue weighted by Crippen LogP contribution is -2.71. The first-order valence-electron chi connectivity index (χ1n) is 13.9. The smallest absolute Gasteiger partial charge is 0.358 e. The standard InChI is InChI=1S/C28H32N6O9S3/c1-12-32-33-28(46-12)45-11-15-10-44-26-20(25(40)34(26)21(15)27(41)43-14(3)42-13(2)35)31-24(39)23(38)17-7-5-4-6-16(17)22(37)18(29)8-9-19(30)36/h4-7,14,18,20,23,26,38H,8-11,29H2,1-3H3,(H2,30,36)(H,31,39)/t14?,18-,20?,23?,26-/m0/s1. The molecule has 3 heterocycles. The highest BCUT2D eigenvalue weighted by Gasteiger charge is 2.55. The van der Waals surface area contributed by atoms with E-state index in [1.807, 2.05) is 6.92 Å². The van der Waals surface area contributed by atoms with Crippen molar-refractivity contribution in [3.63, 3.8) is 0 Å². The van der Waals surface area contributed by atoms with Crippen LogP contribution >= 0.6 is 34.9 Å². The van der Waals surface area contributed by atoms with Crippen molar-refractivity contribution < 1.29 is 43.3 Å². The van der Waals surface area contributed by atoms with Crippen molar-refractivity contribution in [1.29, 1.82) is 0 Å². The predicted octanol–water partition coefficient (Wildman–Crippen LogP) is 0.554. The Balaban J connectivity index is 1.50. The van der Waals surface area contributed by atoms with E-state index in [2.05, 4.69) is 15.5 Å². The minimum absolute atomic E-state index is 0.0154. The summed E-state index contributed by atoms with van der Waals surface area (Å²) in [5, 5.41) is 21.6. The van der Waals surface area contributed by atoms with Crippen molar-refractivity contribution in [3.05, 3.63) is 51.7 Å². The maximum Gasteiger partial charge on any atom is 0.358 e. The number of ether oxygens (including phenoxy) is 2. The Morgan fingerprint density at radius 2 is 1.91 bits per heavy atom. The lowest BCUT2D eigenvalue weighted by atomic mass is 9.93. The number of aliphatic hydroxyl groups is 1. The molecule has 4 rings (SSSR count). The summed E-state index contributed by atoms with van der Waals surface area (Å²) in [5.74, 6) is -3.77. The van der Waals surface area contributed by atoms with Crippen LogP contribution in [0.15, 0.2) is 39.9 Å². The zero-order valence-electron chi connectivity index (χ0n) is 25.0. The number of nitrogens with zero attached hydrogens (tertiary/aromatic N) is 3. The number of benzene rings is 1. The zero-order chi connectivity index (χ0) is 33.7. The molecule has 2 aliphatic rings. The van der Waals surface area contributed by atoms with Gasteiger partial charge in [0, 0.05) is 42.9 Å². The topological polar surface area (TPSA) is 234 Å². The lowest BCUT2D eigenvalue weighted by Gasteiger charge is -2.50. The summed E-state index contributed by atoms with van der Waals surface area (Å²) in [4.78, 5) is 76.6. The molecule has 1 fully saturated rings. The van der Waals surface area contributed by atoms with Crippen LogP contribution in [0, 0.1) is 6.92 Å². The molecule has 0 spiro atoms. The van der Waals surface area contributed by atoms with E-state index >= 15 is 0 Å². The molecule has 1 aromatic carbocycles. The molecular weight excluding hydrogens is 661 g/mol. The van der Waals surface area contributed by atoms with Gasteiger partial charge in [0.1, 0.15) is 22.1 Å². The Morgan fingerprint density at radius 3 is 2.57 bits per heavy atom. The fourth-order valence-corrected chi connectivity index (χ4v) is 8.00. The number of hydrogen-bond acceptors (Lipinski definition) is 15. The Bertz CT molecular complexity index is 1580. The molecule has 0 aliphatic carbocycles. The van der Waals surface area contributed by atoms with Gasteiger partial charge in [0.15, 0.2) is 16.2 Å². The first-order chi connectivity index (χ1) is 21.8. The molecule has 3 unspecified atom stereocenters. The molecule has 18 heteroatoms. The molecule has 5 atom stereocenters. The molecule has 2 aromatic rings. The second-order valence-electron chi connectivity index (χ2n) is 10.3. The summed E-state index contributed by atoms with van der Waals surface area (Å²) < 4.78 is 10.9. The Labute approximate surface area is 275 Å². The summed E-state index contributed by atoms with van der Waals surface area (Å²) in [6.07, 6.45) is -3.20. The maximum absolute atomic E-state index is 13.4. The van der Waals surface area contributed by atoms with Crippen LogP contribution in [0.2, 0.25) is 0 Å². The molecule has 2 aliphatic heterocycles. The van der Waals surface area contributed by atoms with Gasteiger partial charge in [-0.2, -0.15) is 0 Å². The summed E-state index contributed by atoms with van der Waals surface area (Å²) in [7, 11) is 0. The molecule has 1 saturated heterocycles. The Morgan fingerprint density at radius 1 is 1.20 bits per heavy atom. The van der Waals surface area contributed by atoms with Crippen LogP contribution in [0.5, 0.6) is 0 Å². The molecule has 0 saturated carbocycles. The Hall–Kier alpha value is -3.84. The fourth-order valence-electron chi connectivity index (χ4n) is 4.69. The van der Waals surface area contributed by atoms with Crippen LogP contribution in [-0.2, 0) is 33.4 Å². The SMILES string of the molecule is CC(=O)OC(C)OC(=O)C1=C(CSc2nnc(C)s2)CS[C@H]2C(NC(=O)C(O)c3ccccc3C(=O)[C@@H](N)CCC(N)=O)C(=O)N12. The van der Waals surface area contributed by atoms with E-state index < -0.39 is 65.3 Å². The van der Waals surface area contributed by atoms with E-state index in [1.54, 1.807) is 0 Å². The van der Waals surface area contributed by atoms with Gasteiger partial charge in [-0.3, -0.25) is 28.9 Å². The number of aryl methyl sites for hydroxylation is 1. The van der Waals surface area contributed by atoms with E-state index in [1.165, 1.54) is 70.9 Å². The number of nitrogens with two attached hydrogens (primary N) is 2. The van der Waals surface area contributed by atoms with Crippen molar-refractivity contribution in [1.82, 2.24) is 20.4 Å². The van der Waals surface area contributed by atoms with E-state index in [-0.39, 0.29) is 35.4 Å². The highest BCUT2D eigenvalue weighted by atomic mass is 32.2. The van der Waals surface area contributed by atoms with E-state index in [4.69, 9.17) is 20.9 Å². The number of carbonyl (C=O) groups is 6. The monoisotopic (exact) mass is 692 g/mol. The molecule has 0 radical (unpaired) electrons. The number of aromatic nitrogens is 2.